The number of likely N-dealkylation sites (tertiary alicyclic amines) is 1. The Morgan fingerprint density at radius 2 is 0.867 bits per heavy atom. The van der Waals surface area contributed by atoms with Gasteiger partial charge in [-0.2, -0.15) is 12.6 Å². The van der Waals surface area contributed by atoms with Crippen molar-refractivity contribution in [3.05, 3.63) is 138 Å². The number of thiol groups is 1. The number of aliphatic hydroxyl groups is 2. The molecule has 113 heavy (non-hydrogen) atoms. The van der Waals surface area contributed by atoms with Crippen LogP contribution in [0.25, 0.3) is 0 Å². The van der Waals surface area contributed by atoms with E-state index in [0.29, 0.717) is 35.1 Å². The fourth-order valence-electron chi connectivity index (χ4n) is 12.3. The first-order valence-electron chi connectivity index (χ1n) is 37.4. The van der Waals surface area contributed by atoms with E-state index >= 15 is 4.79 Å². The van der Waals surface area contributed by atoms with Crippen molar-refractivity contribution in [2.45, 2.75) is 204 Å². The number of nitrogens with zero attached hydrogens (tertiary/aromatic N) is 1. The van der Waals surface area contributed by atoms with Crippen LogP contribution in [0.15, 0.2) is 115 Å². The molecule has 616 valence electrons. The number of benzene rings is 4. The van der Waals surface area contributed by atoms with Crippen LogP contribution < -0.4 is 69.5 Å². The molecular formula is C78H108N14O20S. The van der Waals surface area contributed by atoms with Gasteiger partial charge in [0.1, 0.15) is 66.2 Å². The van der Waals surface area contributed by atoms with E-state index in [9.17, 15) is 92.7 Å². The van der Waals surface area contributed by atoms with Crippen molar-refractivity contribution in [3.8, 4) is 5.75 Å². The van der Waals surface area contributed by atoms with E-state index in [0.717, 1.165) is 4.90 Å². The third kappa shape index (κ3) is 30.5. The Kier molecular flexibility index (Phi) is 37.7. The third-order valence-corrected chi connectivity index (χ3v) is 19.1. The number of carboxylic acids is 2. The number of nitrogens with two attached hydrogens (primary N) is 1. The van der Waals surface area contributed by atoms with Crippen LogP contribution in [0.5, 0.6) is 5.75 Å². The largest absolute Gasteiger partial charge is 0.508 e. The minimum absolute atomic E-state index is 0.0491. The summed E-state index contributed by atoms with van der Waals surface area (Å²) in [6, 6.07) is 13.2. The number of carbonyl (C=O) groups excluding carboxylic acids is 13. The summed E-state index contributed by atoms with van der Waals surface area (Å²) in [5, 5.41) is 81.2. The Morgan fingerprint density at radius 3 is 1.30 bits per heavy atom. The van der Waals surface area contributed by atoms with Crippen molar-refractivity contribution >= 4 is 101 Å². The molecule has 35 heteroatoms. The topological polar surface area (TPSA) is 531 Å². The number of nitrogens with one attached hydrogen (secondary N) is 12. The van der Waals surface area contributed by atoms with Crippen LogP contribution in [-0.4, -0.2) is 229 Å². The summed E-state index contributed by atoms with van der Waals surface area (Å²) in [5.74, 6) is -16.0. The number of hydrogen-bond acceptors (Lipinski definition) is 20. The van der Waals surface area contributed by atoms with E-state index in [2.05, 4.69) is 76.4 Å². The van der Waals surface area contributed by atoms with Gasteiger partial charge in [0.25, 0.3) is 0 Å². The molecule has 1 heterocycles. The number of hydrogen-bond donors (Lipinski definition) is 19. The number of amides is 13. The highest BCUT2D eigenvalue weighted by atomic mass is 32.1. The summed E-state index contributed by atoms with van der Waals surface area (Å²) >= 11 is 4.19. The van der Waals surface area contributed by atoms with Crippen molar-refractivity contribution < 1.29 is 97.5 Å². The van der Waals surface area contributed by atoms with Crippen LogP contribution in [0.3, 0.4) is 0 Å². The number of carboxylic acid groups (broad SMARTS) is 2. The lowest BCUT2D eigenvalue weighted by atomic mass is 9.97. The smallest absolute Gasteiger partial charge is 0.328 e. The molecule has 0 radical (unpaired) electrons. The normalized spacial score (nSPS) is 16.3. The highest BCUT2D eigenvalue weighted by Crippen LogP contribution is 2.22. The molecule has 0 bridgehead atoms. The summed E-state index contributed by atoms with van der Waals surface area (Å²) in [4.78, 5) is 208. The highest BCUT2D eigenvalue weighted by molar-refractivity contribution is 7.80. The molecule has 0 saturated carbocycles. The molecule has 1 fully saturated rings. The molecule has 13 amide bonds. The van der Waals surface area contributed by atoms with Gasteiger partial charge in [-0.1, -0.05) is 151 Å². The fraction of sp³-hybridized carbons (Fsp3) is 0.500. The number of carbonyl (C=O) groups is 15. The molecule has 1 aliphatic heterocycles. The molecule has 1 saturated heterocycles. The predicted octanol–water partition coefficient (Wildman–Crippen LogP) is -1.55. The average molecular weight is 1590 g/mol. The van der Waals surface area contributed by atoms with E-state index in [1.807, 2.05) is 13.8 Å². The maximum absolute atomic E-state index is 15.0. The molecule has 34 nitrogen and oxygen atoms in total. The number of rotatable bonds is 45. The molecule has 0 aliphatic carbocycles. The molecular weight excluding hydrogens is 1490 g/mol. The Hall–Kier alpha value is -11.0. The zero-order chi connectivity index (χ0) is 83.8. The molecule has 19 N–H and O–H groups in total. The monoisotopic (exact) mass is 1590 g/mol. The fourth-order valence-corrected chi connectivity index (χ4v) is 12.5. The maximum atomic E-state index is 15.0. The number of phenolic OH excluding ortho intramolecular Hbond substituents is 1. The van der Waals surface area contributed by atoms with Crippen molar-refractivity contribution in [2.75, 3.05) is 25.4 Å². The second-order valence-corrected chi connectivity index (χ2v) is 29.2. The number of phenols is 1. The summed E-state index contributed by atoms with van der Waals surface area (Å²) in [6.07, 6.45) is -4.33. The lowest BCUT2D eigenvalue weighted by molar-refractivity contribution is -0.146. The quantitative estimate of drug-likeness (QED) is 0.0223. The summed E-state index contributed by atoms with van der Waals surface area (Å²) in [7, 11) is 0. The lowest BCUT2D eigenvalue weighted by Gasteiger charge is -2.32. The molecule has 5 rings (SSSR count). The van der Waals surface area contributed by atoms with E-state index in [1.54, 1.807) is 119 Å². The summed E-state index contributed by atoms with van der Waals surface area (Å²) < 4.78 is 0. The molecule has 4 aromatic carbocycles. The van der Waals surface area contributed by atoms with Crippen LogP contribution in [0, 0.1) is 17.8 Å². The van der Waals surface area contributed by atoms with E-state index in [4.69, 9.17) is 5.73 Å². The third-order valence-electron chi connectivity index (χ3n) is 18.8. The van der Waals surface area contributed by atoms with Crippen LogP contribution in [0.2, 0.25) is 0 Å². The van der Waals surface area contributed by atoms with Gasteiger partial charge in [0.2, 0.25) is 76.8 Å². The molecule has 0 spiro atoms. The van der Waals surface area contributed by atoms with Crippen LogP contribution in [-0.2, 0) is 97.6 Å². The number of aliphatic carboxylic acids is 2. The van der Waals surface area contributed by atoms with Crippen molar-refractivity contribution in [1.29, 1.82) is 0 Å². The average Bonchev–Trinajstić information content (AvgIpc) is 1.38. The van der Waals surface area contributed by atoms with Gasteiger partial charge in [0, 0.05) is 44.4 Å². The Morgan fingerprint density at radius 1 is 0.469 bits per heavy atom. The first-order chi connectivity index (χ1) is 53.5. The van der Waals surface area contributed by atoms with Gasteiger partial charge in [-0.25, -0.2) is 4.79 Å². The maximum Gasteiger partial charge on any atom is 0.328 e. The van der Waals surface area contributed by atoms with Gasteiger partial charge in [-0.15, -0.1) is 0 Å². The van der Waals surface area contributed by atoms with Gasteiger partial charge < -0.3 is 100.0 Å². The molecule has 0 unspecified atom stereocenters. The van der Waals surface area contributed by atoms with Crippen LogP contribution >= 0.6 is 12.6 Å². The molecule has 15 atom stereocenters. The number of aliphatic hydroxyl groups excluding tert-OH is 2. The lowest BCUT2D eigenvalue weighted by Crippen LogP contribution is -2.62. The number of aromatic hydroxyl groups is 1. The van der Waals surface area contributed by atoms with Crippen molar-refractivity contribution in [3.63, 3.8) is 0 Å². The SMILES string of the molecule is CC[C@H](C)[C@H](NC(=O)[C@@H]1CCCN1C(=O)[C@@H](NC(=O)[C@H](Cc1ccc(O)cc1)NC(=O)[C@H](Cc1ccccc1)NC(=O)[C@H](Cc1ccccc1)NC(=O)CNC(=O)[C@H](Cc1ccccc1)NC(=O)[C@H](CCC(=O)O)NC(=O)CNC(=O)[C@H](CS)NC(=O)[C@@H](NC(=O)[C@@H](N)CC(C)C)C(C)C)[C@@H](C)O)C(=O)N[C@H](C(=O)O)[C@@H](C)O. The second kappa shape index (κ2) is 46.1. The van der Waals surface area contributed by atoms with Crippen LogP contribution in [0.4, 0.5) is 0 Å². The van der Waals surface area contributed by atoms with Crippen molar-refractivity contribution in [1.82, 2.24) is 68.7 Å². The molecule has 0 aromatic heterocycles. The standard InChI is InChI=1S/C78H108N14O20S/c1-9-44(6)64(76(109)91-66(46(8)94)78(111)112)89-74(107)59-26-19-33-92(59)77(110)65(45(7)93)90-73(106)57(38-50-27-29-51(95)30-28-50)86-72(105)56(37-49-24-17-12-18-25-49)85-71(104)55(36-48-22-15-11-16-23-48)83-61(97)40-80-68(101)54(35-47-20-13-10-14-21-47)84-70(103)53(31-32-62(98)99)82-60(96)39-81-69(102)58(41-113)87-75(108)63(43(4)5)88-67(100)52(79)34-42(2)3/h10-18,20-25,27-30,42-46,52-59,63-66,93-95,113H,9,19,26,31-41,79H2,1-8H3,(H,80,101)(H,81,102)(H,82,96)(H,83,97)(H,84,103)(H,85,104)(H,86,105)(H,87,108)(H,88,100)(H,89,107)(H,90,106)(H,91,109)(H,98,99)(H,111,112)/t44-,45+,46+,52-,53-,54-,55-,56-,57-,58-,59-,63-,64-,65-,66-/m0/s1. The zero-order valence-electron chi connectivity index (χ0n) is 64.5. The van der Waals surface area contributed by atoms with Gasteiger partial charge in [-0.3, -0.25) is 67.1 Å². The highest BCUT2D eigenvalue weighted by Gasteiger charge is 2.43. The summed E-state index contributed by atoms with van der Waals surface area (Å²) in [6.45, 7) is 11.1. The minimum atomic E-state index is -1.78. The van der Waals surface area contributed by atoms with Crippen LogP contribution in [0.1, 0.15) is 116 Å². The predicted molar refractivity (Wildman–Crippen MR) is 416 cm³/mol. The minimum Gasteiger partial charge on any atom is -0.508 e. The Balaban J connectivity index is 1.36. The summed E-state index contributed by atoms with van der Waals surface area (Å²) in [5.41, 5.74) is 7.93. The Bertz CT molecular complexity index is 3900. The van der Waals surface area contributed by atoms with Gasteiger partial charge in [0.15, 0.2) is 6.04 Å². The van der Waals surface area contributed by atoms with Gasteiger partial charge in [0.05, 0.1) is 31.3 Å². The van der Waals surface area contributed by atoms with Gasteiger partial charge >= 0.3 is 11.9 Å². The molecule has 1 aliphatic rings. The Labute approximate surface area is 661 Å². The van der Waals surface area contributed by atoms with Gasteiger partial charge in [-0.05, 0) is 91.7 Å². The zero-order valence-corrected chi connectivity index (χ0v) is 65.4. The first-order valence-corrected chi connectivity index (χ1v) is 38.1. The van der Waals surface area contributed by atoms with E-state index in [1.165, 1.54) is 38.1 Å². The second-order valence-electron chi connectivity index (χ2n) is 28.8. The van der Waals surface area contributed by atoms with E-state index in [-0.39, 0.29) is 62.5 Å². The molecule has 4 aromatic rings. The van der Waals surface area contributed by atoms with E-state index < -0.39 is 211 Å². The van der Waals surface area contributed by atoms with Crippen molar-refractivity contribution in [2.24, 2.45) is 23.5 Å². The first kappa shape index (κ1) is 92.6.